The van der Waals surface area contributed by atoms with E-state index in [4.69, 9.17) is 0 Å². The van der Waals surface area contributed by atoms with Crippen LogP contribution in [-0.2, 0) is 11.3 Å². The van der Waals surface area contributed by atoms with Gasteiger partial charge in [0.15, 0.2) is 0 Å². The molecule has 0 spiro atoms. The molecule has 0 bridgehead atoms. The molecule has 0 saturated heterocycles. The minimum atomic E-state index is -0.296. The van der Waals surface area contributed by atoms with Crippen LogP contribution in [-0.4, -0.2) is 37.2 Å². The molecule has 1 N–H and O–H groups in total. The minimum Gasteiger partial charge on any atom is -0.354 e. The lowest BCUT2D eigenvalue weighted by atomic mass is 10.3. The molecule has 2 heterocycles. The van der Waals surface area contributed by atoms with Crippen molar-refractivity contribution in [2.24, 2.45) is 0 Å². The first kappa shape index (κ1) is 14.2. The molecular formula is C13H20N6O. The number of amides is 1. The Labute approximate surface area is 118 Å². The Balaban J connectivity index is 1.78. The van der Waals surface area contributed by atoms with Crippen LogP contribution in [0.3, 0.4) is 0 Å². The zero-order chi connectivity index (χ0) is 14.5. The normalized spacial score (nSPS) is 12.3. The van der Waals surface area contributed by atoms with Crippen molar-refractivity contribution in [2.45, 2.75) is 39.8 Å². The number of nitrogens with one attached hydrogen (secondary N) is 1. The zero-order valence-electron chi connectivity index (χ0n) is 12.1. The van der Waals surface area contributed by atoms with Crippen LogP contribution in [0.1, 0.15) is 30.8 Å². The number of hydrogen-bond acceptors (Lipinski definition) is 4. The highest BCUT2D eigenvalue weighted by molar-refractivity contribution is 5.79. The Morgan fingerprint density at radius 3 is 2.85 bits per heavy atom. The Bertz CT molecular complexity index is 559. The molecule has 20 heavy (non-hydrogen) atoms. The maximum atomic E-state index is 12.1. The number of aryl methyl sites for hydroxylation is 3. The summed E-state index contributed by atoms with van der Waals surface area (Å²) in [6, 6.07) is 1.67. The van der Waals surface area contributed by atoms with E-state index in [9.17, 15) is 4.79 Å². The van der Waals surface area contributed by atoms with Crippen molar-refractivity contribution >= 4 is 5.91 Å². The molecule has 0 aliphatic carbocycles. The predicted octanol–water partition coefficient (Wildman–Crippen LogP) is 0.859. The molecule has 2 rings (SSSR count). The van der Waals surface area contributed by atoms with E-state index in [2.05, 4.69) is 20.7 Å². The van der Waals surface area contributed by atoms with E-state index in [1.807, 2.05) is 26.8 Å². The Kier molecular flexibility index (Phi) is 4.49. The number of aromatic nitrogens is 5. The summed E-state index contributed by atoms with van der Waals surface area (Å²) in [6.07, 6.45) is 4.27. The summed E-state index contributed by atoms with van der Waals surface area (Å²) < 4.78 is 3.50. The fraction of sp³-hybridized carbons (Fsp3) is 0.538. The summed E-state index contributed by atoms with van der Waals surface area (Å²) in [5.74, 6) is -0.0187. The largest absolute Gasteiger partial charge is 0.354 e. The van der Waals surface area contributed by atoms with Gasteiger partial charge in [-0.3, -0.25) is 14.2 Å². The number of carbonyl (C=O) groups excluding carboxylic acids is 1. The number of hydrogen-bond donors (Lipinski definition) is 1. The number of nitrogens with zero attached hydrogens (tertiary/aromatic N) is 5. The van der Waals surface area contributed by atoms with Crippen molar-refractivity contribution in [1.82, 2.24) is 30.1 Å². The summed E-state index contributed by atoms with van der Waals surface area (Å²) in [4.78, 5) is 12.1. The van der Waals surface area contributed by atoms with Gasteiger partial charge in [-0.1, -0.05) is 5.21 Å². The molecule has 1 atom stereocenters. The molecule has 0 unspecified atom stereocenters. The lowest BCUT2D eigenvalue weighted by molar-refractivity contribution is -0.124. The minimum absolute atomic E-state index is 0.0187. The van der Waals surface area contributed by atoms with Crippen molar-refractivity contribution in [3.05, 3.63) is 29.8 Å². The van der Waals surface area contributed by atoms with Gasteiger partial charge in [0.2, 0.25) is 5.91 Å². The van der Waals surface area contributed by atoms with E-state index in [1.165, 1.54) is 0 Å². The van der Waals surface area contributed by atoms with Crippen LogP contribution < -0.4 is 5.32 Å². The van der Waals surface area contributed by atoms with Crippen molar-refractivity contribution in [3.63, 3.8) is 0 Å². The summed E-state index contributed by atoms with van der Waals surface area (Å²) in [7, 11) is 0. The third kappa shape index (κ3) is 3.43. The fourth-order valence-electron chi connectivity index (χ4n) is 2.10. The van der Waals surface area contributed by atoms with Crippen LogP contribution in [0.5, 0.6) is 0 Å². The van der Waals surface area contributed by atoms with Crippen LogP contribution in [0.4, 0.5) is 0 Å². The van der Waals surface area contributed by atoms with E-state index < -0.39 is 0 Å². The third-order valence-corrected chi connectivity index (χ3v) is 3.13. The van der Waals surface area contributed by atoms with Crippen molar-refractivity contribution in [2.75, 3.05) is 6.54 Å². The van der Waals surface area contributed by atoms with Crippen LogP contribution in [0.25, 0.3) is 0 Å². The predicted molar refractivity (Wildman–Crippen MR) is 74.1 cm³/mol. The third-order valence-electron chi connectivity index (χ3n) is 3.13. The molecule has 7 heteroatoms. The van der Waals surface area contributed by atoms with Gasteiger partial charge in [0.1, 0.15) is 6.04 Å². The highest BCUT2D eigenvalue weighted by Gasteiger charge is 2.17. The van der Waals surface area contributed by atoms with Gasteiger partial charge in [0, 0.05) is 25.0 Å². The average molecular weight is 276 g/mol. The molecule has 0 aliphatic rings. The molecular weight excluding hydrogens is 256 g/mol. The van der Waals surface area contributed by atoms with E-state index in [1.54, 1.807) is 21.8 Å². The molecule has 7 nitrogen and oxygen atoms in total. The Morgan fingerprint density at radius 1 is 1.45 bits per heavy atom. The molecule has 0 aromatic carbocycles. The van der Waals surface area contributed by atoms with Gasteiger partial charge in [0.25, 0.3) is 0 Å². The molecule has 0 fully saturated rings. The van der Waals surface area contributed by atoms with Crippen molar-refractivity contribution in [3.8, 4) is 0 Å². The second kappa shape index (κ2) is 6.31. The maximum absolute atomic E-state index is 12.1. The molecule has 0 radical (unpaired) electrons. The van der Waals surface area contributed by atoms with Crippen LogP contribution in [0.2, 0.25) is 0 Å². The van der Waals surface area contributed by atoms with Crippen molar-refractivity contribution < 1.29 is 4.79 Å². The van der Waals surface area contributed by atoms with E-state index in [-0.39, 0.29) is 11.9 Å². The second-order valence-corrected chi connectivity index (χ2v) is 4.86. The van der Waals surface area contributed by atoms with Crippen molar-refractivity contribution in [1.29, 1.82) is 0 Å². The average Bonchev–Trinajstić information content (AvgIpc) is 3.03. The number of carbonyl (C=O) groups is 1. The van der Waals surface area contributed by atoms with E-state index >= 15 is 0 Å². The molecule has 108 valence electrons. The molecule has 1 amide bonds. The number of rotatable bonds is 6. The van der Waals surface area contributed by atoms with E-state index in [0.717, 1.165) is 24.4 Å². The highest BCUT2D eigenvalue weighted by Crippen LogP contribution is 2.10. The maximum Gasteiger partial charge on any atom is 0.244 e. The SMILES string of the molecule is Cc1cc(C)n([C@H](C)C(=O)NCCCn2ccnn2)n1. The van der Waals surface area contributed by atoms with Crippen LogP contribution in [0.15, 0.2) is 18.5 Å². The first-order valence-corrected chi connectivity index (χ1v) is 6.72. The summed E-state index contributed by atoms with van der Waals surface area (Å²) >= 11 is 0. The summed E-state index contributed by atoms with van der Waals surface area (Å²) in [5, 5.41) is 14.9. The molecule has 0 saturated carbocycles. The second-order valence-electron chi connectivity index (χ2n) is 4.86. The van der Waals surface area contributed by atoms with Gasteiger partial charge < -0.3 is 5.32 Å². The lowest BCUT2D eigenvalue weighted by Gasteiger charge is -2.14. The molecule has 2 aromatic rings. The quantitative estimate of drug-likeness (QED) is 0.794. The first-order chi connectivity index (χ1) is 9.58. The van der Waals surface area contributed by atoms with Crippen LogP contribution in [0, 0.1) is 13.8 Å². The Morgan fingerprint density at radius 2 is 2.25 bits per heavy atom. The summed E-state index contributed by atoms with van der Waals surface area (Å²) in [5.41, 5.74) is 1.92. The van der Waals surface area contributed by atoms with Gasteiger partial charge in [-0.15, -0.1) is 5.10 Å². The Hall–Kier alpha value is -2.18. The summed E-state index contributed by atoms with van der Waals surface area (Å²) in [6.45, 7) is 7.09. The molecule has 0 aliphatic heterocycles. The molecule has 2 aromatic heterocycles. The van der Waals surface area contributed by atoms with Gasteiger partial charge >= 0.3 is 0 Å². The highest BCUT2D eigenvalue weighted by atomic mass is 16.2. The monoisotopic (exact) mass is 276 g/mol. The smallest absolute Gasteiger partial charge is 0.244 e. The zero-order valence-corrected chi connectivity index (χ0v) is 12.1. The van der Waals surface area contributed by atoms with Gasteiger partial charge in [-0.05, 0) is 33.3 Å². The van der Waals surface area contributed by atoms with Gasteiger partial charge in [-0.25, -0.2) is 0 Å². The standard InChI is InChI=1S/C13H20N6O/c1-10-9-11(2)19(16-10)12(3)13(20)14-5-4-7-18-8-6-15-17-18/h6,8-9,12H,4-5,7H2,1-3H3,(H,14,20)/t12-/m1/s1. The topological polar surface area (TPSA) is 77.6 Å². The van der Waals surface area contributed by atoms with Gasteiger partial charge in [0.05, 0.1) is 11.9 Å². The first-order valence-electron chi connectivity index (χ1n) is 6.72. The van der Waals surface area contributed by atoms with Crippen LogP contribution >= 0.6 is 0 Å². The fourth-order valence-corrected chi connectivity index (χ4v) is 2.10. The van der Waals surface area contributed by atoms with Gasteiger partial charge in [-0.2, -0.15) is 5.10 Å². The van der Waals surface area contributed by atoms with E-state index in [0.29, 0.717) is 6.54 Å². The lowest BCUT2D eigenvalue weighted by Crippen LogP contribution is -2.33.